The summed E-state index contributed by atoms with van der Waals surface area (Å²) >= 11 is 0. The molecule has 2 aromatic heterocycles. The van der Waals surface area contributed by atoms with Gasteiger partial charge in [0.25, 0.3) is 5.91 Å². The highest BCUT2D eigenvalue weighted by molar-refractivity contribution is 5.90. The number of piperidine rings is 1. The van der Waals surface area contributed by atoms with E-state index in [4.69, 9.17) is 4.74 Å². The van der Waals surface area contributed by atoms with Crippen LogP contribution in [0.25, 0.3) is 0 Å². The summed E-state index contributed by atoms with van der Waals surface area (Å²) in [5.74, 6) is 0.159. The minimum absolute atomic E-state index is 0.104. The predicted molar refractivity (Wildman–Crippen MR) is 94.3 cm³/mol. The molecule has 1 spiro atoms. The number of carbonyl (C=O) groups is 1. The van der Waals surface area contributed by atoms with Crippen LogP contribution in [0.3, 0.4) is 0 Å². The van der Waals surface area contributed by atoms with Gasteiger partial charge in [-0.1, -0.05) is 0 Å². The van der Waals surface area contributed by atoms with E-state index < -0.39 is 0 Å². The topological polar surface area (TPSA) is 76.4 Å². The molecule has 2 aromatic rings. The first-order valence-corrected chi connectivity index (χ1v) is 9.04. The Bertz CT molecular complexity index is 754. The van der Waals surface area contributed by atoms with Crippen LogP contribution in [0.15, 0.2) is 30.9 Å². The first-order valence-electron chi connectivity index (χ1n) is 9.04. The van der Waals surface area contributed by atoms with Crippen LogP contribution in [-0.4, -0.2) is 73.8 Å². The SMILES string of the molecule is Cn1cnc(C(=O)N2CCOC3(CCN(Cc4ccncc4)CC3)C2)n1. The lowest BCUT2D eigenvalue weighted by Crippen LogP contribution is -2.58. The maximum atomic E-state index is 12.7. The van der Waals surface area contributed by atoms with Crippen LogP contribution >= 0.6 is 0 Å². The number of likely N-dealkylation sites (tertiary alicyclic amines) is 1. The number of morpholine rings is 1. The Morgan fingerprint density at radius 3 is 2.69 bits per heavy atom. The van der Waals surface area contributed by atoms with Crippen LogP contribution in [0, 0.1) is 0 Å². The summed E-state index contributed by atoms with van der Waals surface area (Å²) < 4.78 is 7.71. The highest BCUT2D eigenvalue weighted by atomic mass is 16.5. The zero-order valence-electron chi connectivity index (χ0n) is 15.0. The molecule has 138 valence electrons. The summed E-state index contributed by atoms with van der Waals surface area (Å²) in [4.78, 5) is 25.1. The molecule has 0 atom stereocenters. The molecule has 0 radical (unpaired) electrons. The maximum Gasteiger partial charge on any atom is 0.293 e. The van der Waals surface area contributed by atoms with Gasteiger partial charge >= 0.3 is 0 Å². The van der Waals surface area contributed by atoms with E-state index in [1.54, 1.807) is 18.1 Å². The minimum Gasteiger partial charge on any atom is -0.371 e. The number of aromatic nitrogens is 4. The number of carbonyl (C=O) groups excluding carboxylic acids is 1. The van der Waals surface area contributed by atoms with Crippen LogP contribution in [0.4, 0.5) is 0 Å². The minimum atomic E-state index is -0.239. The van der Waals surface area contributed by atoms with Crippen molar-refractivity contribution in [1.29, 1.82) is 0 Å². The van der Waals surface area contributed by atoms with Crippen LogP contribution < -0.4 is 0 Å². The molecule has 0 aliphatic carbocycles. The van der Waals surface area contributed by atoms with E-state index in [0.717, 1.165) is 32.5 Å². The Morgan fingerprint density at radius 2 is 2.00 bits per heavy atom. The second-order valence-corrected chi connectivity index (χ2v) is 7.13. The van der Waals surface area contributed by atoms with E-state index in [1.807, 2.05) is 17.3 Å². The lowest BCUT2D eigenvalue weighted by Gasteiger charge is -2.47. The summed E-state index contributed by atoms with van der Waals surface area (Å²) in [6.45, 7) is 4.65. The molecule has 8 nitrogen and oxygen atoms in total. The van der Waals surface area contributed by atoms with Gasteiger partial charge in [-0.3, -0.25) is 19.4 Å². The second-order valence-electron chi connectivity index (χ2n) is 7.13. The van der Waals surface area contributed by atoms with E-state index in [9.17, 15) is 4.79 Å². The molecule has 2 saturated heterocycles. The van der Waals surface area contributed by atoms with Crippen molar-refractivity contribution < 1.29 is 9.53 Å². The van der Waals surface area contributed by atoms with Crippen molar-refractivity contribution in [3.8, 4) is 0 Å². The summed E-state index contributed by atoms with van der Waals surface area (Å²) in [6, 6.07) is 4.11. The van der Waals surface area contributed by atoms with Gasteiger partial charge in [-0.05, 0) is 30.5 Å². The fraction of sp³-hybridized carbons (Fsp3) is 0.556. The normalized spacial score (nSPS) is 20.4. The number of pyridine rings is 1. The van der Waals surface area contributed by atoms with E-state index in [1.165, 1.54) is 5.56 Å². The third-order valence-corrected chi connectivity index (χ3v) is 5.25. The number of nitrogens with zero attached hydrogens (tertiary/aromatic N) is 6. The number of hydrogen-bond donors (Lipinski definition) is 0. The van der Waals surface area contributed by atoms with Gasteiger partial charge in [0, 0.05) is 45.6 Å². The van der Waals surface area contributed by atoms with E-state index >= 15 is 0 Å². The first kappa shape index (κ1) is 17.1. The third kappa shape index (κ3) is 3.61. The van der Waals surface area contributed by atoms with Gasteiger partial charge in [0.1, 0.15) is 6.33 Å². The van der Waals surface area contributed by atoms with Crippen molar-refractivity contribution in [2.24, 2.45) is 7.05 Å². The average Bonchev–Trinajstić information content (AvgIpc) is 3.11. The van der Waals surface area contributed by atoms with Crippen molar-refractivity contribution in [3.63, 3.8) is 0 Å². The van der Waals surface area contributed by atoms with Gasteiger partial charge in [-0.2, -0.15) is 0 Å². The summed E-state index contributed by atoms with van der Waals surface area (Å²) in [7, 11) is 1.77. The molecule has 4 rings (SSSR count). The predicted octanol–water partition coefficient (Wildman–Crippen LogP) is 0.717. The molecular weight excluding hydrogens is 332 g/mol. The molecule has 0 saturated carbocycles. The Morgan fingerprint density at radius 1 is 1.23 bits per heavy atom. The van der Waals surface area contributed by atoms with Crippen LogP contribution in [0.5, 0.6) is 0 Å². The number of rotatable bonds is 3. The maximum absolute atomic E-state index is 12.7. The summed E-state index contributed by atoms with van der Waals surface area (Å²) in [5, 5.41) is 4.14. The van der Waals surface area contributed by atoms with Gasteiger partial charge in [0.2, 0.25) is 5.82 Å². The zero-order chi connectivity index (χ0) is 18.0. The number of amides is 1. The Labute approximate surface area is 152 Å². The lowest BCUT2D eigenvalue weighted by molar-refractivity contribution is -0.128. The molecule has 2 aliphatic heterocycles. The highest BCUT2D eigenvalue weighted by Gasteiger charge is 2.41. The monoisotopic (exact) mass is 356 g/mol. The van der Waals surface area contributed by atoms with Gasteiger partial charge in [-0.25, -0.2) is 4.98 Å². The average molecular weight is 356 g/mol. The van der Waals surface area contributed by atoms with Crippen LogP contribution in [-0.2, 0) is 18.3 Å². The van der Waals surface area contributed by atoms with Crippen molar-refractivity contribution >= 4 is 5.91 Å². The Kier molecular flexibility index (Phi) is 4.69. The molecule has 26 heavy (non-hydrogen) atoms. The molecule has 8 heteroatoms. The highest BCUT2D eigenvalue weighted by Crippen LogP contribution is 2.31. The molecule has 4 heterocycles. The fourth-order valence-corrected chi connectivity index (χ4v) is 3.76. The van der Waals surface area contributed by atoms with Gasteiger partial charge < -0.3 is 9.64 Å². The molecule has 2 aliphatic rings. The largest absolute Gasteiger partial charge is 0.371 e. The van der Waals surface area contributed by atoms with Crippen LogP contribution in [0.1, 0.15) is 29.0 Å². The van der Waals surface area contributed by atoms with Crippen molar-refractivity contribution in [2.45, 2.75) is 25.0 Å². The third-order valence-electron chi connectivity index (χ3n) is 5.25. The number of ether oxygens (including phenoxy) is 1. The fourth-order valence-electron chi connectivity index (χ4n) is 3.76. The van der Waals surface area contributed by atoms with Crippen LogP contribution in [0.2, 0.25) is 0 Å². The van der Waals surface area contributed by atoms with Crippen molar-refractivity contribution in [1.82, 2.24) is 29.5 Å². The first-order chi connectivity index (χ1) is 12.6. The second kappa shape index (κ2) is 7.13. The molecular formula is C18H24N6O2. The van der Waals surface area contributed by atoms with Gasteiger partial charge in [0.05, 0.1) is 18.8 Å². The molecule has 1 amide bonds. The zero-order valence-corrected chi connectivity index (χ0v) is 15.0. The van der Waals surface area contributed by atoms with E-state index in [2.05, 4.69) is 32.1 Å². The van der Waals surface area contributed by atoms with Gasteiger partial charge in [0.15, 0.2) is 0 Å². The lowest BCUT2D eigenvalue weighted by atomic mass is 9.89. The van der Waals surface area contributed by atoms with Gasteiger partial charge in [-0.15, -0.1) is 5.10 Å². The van der Waals surface area contributed by atoms with Crippen molar-refractivity contribution in [2.75, 3.05) is 32.8 Å². The smallest absolute Gasteiger partial charge is 0.293 e. The quantitative estimate of drug-likeness (QED) is 0.806. The number of hydrogen-bond acceptors (Lipinski definition) is 6. The molecule has 0 bridgehead atoms. The Hall–Kier alpha value is -2.32. The molecule has 0 unspecified atom stereocenters. The van der Waals surface area contributed by atoms with Crippen molar-refractivity contribution in [3.05, 3.63) is 42.2 Å². The summed E-state index contributed by atoms with van der Waals surface area (Å²) in [6.07, 6.45) is 7.08. The number of aryl methyl sites for hydroxylation is 1. The Balaban J connectivity index is 1.36. The standard InChI is InChI=1S/C18H24N6O2/c1-22-14-20-16(21-22)17(25)24-10-11-26-18(13-24)4-8-23(9-5-18)12-15-2-6-19-7-3-15/h2-3,6-7,14H,4-5,8-13H2,1H3. The van der Waals surface area contributed by atoms with E-state index in [-0.39, 0.29) is 17.3 Å². The molecule has 2 fully saturated rings. The summed E-state index contributed by atoms with van der Waals surface area (Å²) in [5.41, 5.74) is 1.04. The molecule has 0 N–H and O–H groups in total. The molecule has 0 aromatic carbocycles. The van der Waals surface area contributed by atoms with E-state index in [0.29, 0.717) is 19.7 Å².